The van der Waals surface area contributed by atoms with Gasteiger partial charge in [-0.3, -0.25) is 14.5 Å². The lowest BCUT2D eigenvalue weighted by Crippen LogP contribution is -2.34. The molecule has 8 heteroatoms. The summed E-state index contributed by atoms with van der Waals surface area (Å²) in [5.74, 6) is -0.744. The minimum Gasteiger partial charge on any atom is -0.442 e. The number of carbonyl (C=O) groups excluding carboxylic acids is 3. The topological polar surface area (TPSA) is 79.0 Å². The van der Waals surface area contributed by atoms with Gasteiger partial charge in [-0.25, -0.2) is 9.18 Å². The number of cyclic esters (lactones) is 1. The van der Waals surface area contributed by atoms with Crippen molar-refractivity contribution in [2.45, 2.75) is 38.2 Å². The number of hydrogen-bond donors (Lipinski definition) is 1. The number of ether oxygens (including phenoxy) is 1. The van der Waals surface area contributed by atoms with E-state index >= 15 is 0 Å². The number of piperidine rings is 1. The summed E-state index contributed by atoms with van der Waals surface area (Å²) in [7, 11) is 0. The fourth-order valence-corrected chi connectivity index (χ4v) is 4.21. The lowest BCUT2D eigenvalue weighted by molar-refractivity contribution is -0.121. The number of nitrogens with zero attached hydrogens (tertiary/aromatic N) is 2. The number of hydrogen-bond acceptors (Lipinski definition) is 5. The molecule has 2 aromatic carbocycles. The van der Waals surface area contributed by atoms with Gasteiger partial charge in [-0.05, 0) is 37.5 Å². The first-order valence-electron chi connectivity index (χ1n) is 11.4. The number of rotatable bonds is 8. The van der Waals surface area contributed by atoms with Crippen LogP contribution in [0.25, 0.3) is 0 Å². The zero-order valence-electron chi connectivity index (χ0n) is 18.5. The third-order valence-corrected chi connectivity index (χ3v) is 6.02. The van der Waals surface area contributed by atoms with Gasteiger partial charge in [0.25, 0.3) is 0 Å². The number of halogens is 1. The highest BCUT2D eigenvalue weighted by molar-refractivity contribution is 5.98. The average molecular weight is 454 g/mol. The molecule has 0 aliphatic carbocycles. The van der Waals surface area contributed by atoms with Crippen LogP contribution in [0.4, 0.5) is 20.6 Å². The van der Waals surface area contributed by atoms with Crippen molar-refractivity contribution in [3.05, 3.63) is 59.9 Å². The molecule has 2 aromatic rings. The van der Waals surface area contributed by atoms with Crippen LogP contribution in [0.3, 0.4) is 0 Å². The van der Waals surface area contributed by atoms with E-state index in [0.29, 0.717) is 16.9 Å². The molecule has 33 heavy (non-hydrogen) atoms. The minimum absolute atomic E-state index is 0.0568. The molecular formula is C25H28FN3O4. The van der Waals surface area contributed by atoms with Gasteiger partial charge in [-0.1, -0.05) is 30.3 Å². The van der Waals surface area contributed by atoms with Crippen LogP contribution in [0.5, 0.6) is 0 Å². The van der Waals surface area contributed by atoms with E-state index in [4.69, 9.17) is 4.74 Å². The summed E-state index contributed by atoms with van der Waals surface area (Å²) in [6.07, 6.45) is 2.31. The minimum atomic E-state index is -0.571. The highest BCUT2D eigenvalue weighted by Gasteiger charge is 2.33. The van der Waals surface area contributed by atoms with Crippen molar-refractivity contribution in [3.8, 4) is 0 Å². The molecule has 2 amide bonds. The Balaban J connectivity index is 1.26. The second-order valence-corrected chi connectivity index (χ2v) is 8.39. The van der Waals surface area contributed by atoms with Gasteiger partial charge in [-0.2, -0.15) is 0 Å². The zero-order chi connectivity index (χ0) is 23.2. The summed E-state index contributed by atoms with van der Waals surface area (Å²) in [5, 5.41) is 2.71. The quantitative estimate of drug-likeness (QED) is 0.613. The van der Waals surface area contributed by atoms with Crippen LogP contribution in [-0.2, 0) is 9.53 Å². The van der Waals surface area contributed by atoms with Crippen molar-refractivity contribution in [3.63, 3.8) is 0 Å². The SMILES string of the molecule is O=C(CCC(=O)c1ccccc1)NC[C@H]1CN(c2ccc(N3CCCCC3)c(F)c2)C(=O)O1. The number of nitrogens with one attached hydrogen (secondary N) is 1. The summed E-state index contributed by atoms with van der Waals surface area (Å²) >= 11 is 0. The summed E-state index contributed by atoms with van der Waals surface area (Å²) in [6, 6.07) is 13.6. The average Bonchev–Trinajstić information content (AvgIpc) is 3.22. The lowest BCUT2D eigenvalue weighted by Gasteiger charge is -2.29. The van der Waals surface area contributed by atoms with Crippen molar-refractivity contribution in [1.29, 1.82) is 0 Å². The number of amides is 2. The highest BCUT2D eigenvalue weighted by Crippen LogP contribution is 2.29. The first-order valence-corrected chi connectivity index (χ1v) is 11.4. The molecule has 174 valence electrons. The van der Waals surface area contributed by atoms with Crippen LogP contribution in [0.1, 0.15) is 42.5 Å². The molecule has 2 heterocycles. The monoisotopic (exact) mass is 453 g/mol. The highest BCUT2D eigenvalue weighted by atomic mass is 19.1. The lowest BCUT2D eigenvalue weighted by atomic mass is 10.1. The van der Waals surface area contributed by atoms with Crippen LogP contribution < -0.4 is 15.1 Å². The van der Waals surface area contributed by atoms with Gasteiger partial charge in [0.1, 0.15) is 11.9 Å². The van der Waals surface area contributed by atoms with Crippen molar-refractivity contribution in [2.75, 3.05) is 36.0 Å². The van der Waals surface area contributed by atoms with Crippen LogP contribution in [0, 0.1) is 5.82 Å². The predicted molar refractivity (Wildman–Crippen MR) is 123 cm³/mol. The molecule has 7 nitrogen and oxygen atoms in total. The summed E-state index contributed by atoms with van der Waals surface area (Å²) < 4.78 is 20.1. The van der Waals surface area contributed by atoms with Crippen LogP contribution in [0.15, 0.2) is 48.5 Å². The van der Waals surface area contributed by atoms with E-state index in [9.17, 15) is 18.8 Å². The third kappa shape index (κ3) is 5.69. The molecule has 4 rings (SSSR count). The number of anilines is 2. The molecule has 0 aromatic heterocycles. The van der Waals surface area contributed by atoms with Gasteiger partial charge >= 0.3 is 6.09 Å². The third-order valence-electron chi connectivity index (χ3n) is 6.02. The van der Waals surface area contributed by atoms with Gasteiger partial charge in [0, 0.05) is 31.5 Å². The van der Waals surface area contributed by atoms with Gasteiger partial charge in [0.05, 0.1) is 24.5 Å². The molecule has 2 aliphatic rings. The fourth-order valence-electron chi connectivity index (χ4n) is 4.21. The van der Waals surface area contributed by atoms with E-state index in [1.165, 1.54) is 11.0 Å². The Morgan fingerprint density at radius 1 is 1.03 bits per heavy atom. The number of carbonyl (C=O) groups is 3. The fraction of sp³-hybridized carbons (Fsp3) is 0.400. The summed E-state index contributed by atoms with van der Waals surface area (Å²) in [4.78, 5) is 40.0. The Labute approximate surface area is 192 Å². The van der Waals surface area contributed by atoms with Crippen LogP contribution >= 0.6 is 0 Å². The molecule has 0 bridgehead atoms. The van der Waals surface area contributed by atoms with Crippen molar-refractivity contribution in [1.82, 2.24) is 5.32 Å². The number of benzene rings is 2. The van der Waals surface area contributed by atoms with Gasteiger partial charge in [0.2, 0.25) is 5.91 Å². The van der Waals surface area contributed by atoms with Gasteiger partial charge in [-0.15, -0.1) is 0 Å². The van der Waals surface area contributed by atoms with E-state index in [0.717, 1.165) is 32.4 Å². The Bertz CT molecular complexity index is 1010. The molecule has 0 spiro atoms. The number of ketones is 1. The first-order chi connectivity index (χ1) is 16.0. The Morgan fingerprint density at radius 2 is 1.79 bits per heavy atom. The van der Waals surface area contributed by atoms with E-state index in [1.807, 2.05) is 11.0 Å². The molecule has 2 fully saturated rings. The Hall–Kier alpha value is -3.42. The molecule has 1 N–H and O–H groups in total. The maximum atomic E-state index is 14.7. The molecule has 1 atom stereocenters. The van der Waals surface area contributed by atoms with Crippen LogP contribution in [-0.4, -0.2) is 50.1 Å². The zero-order valence-corrected chi connectivity index (χ0v) is 18.5. The van der Waals surface area contributed by atoms with Crippen molar-refractivity contribution in [2.24, 2.45) is 0 Å². The van der Waals surface area contributed by atoms with E-state index in [1.54, 1.807) is 36.4 Å². The molecular weight excluding hydrogens is 425 g/mol. The van der Waals surface area contributed by atoms with Crippen molar-refractivity contribution < 1.29 is 23.5 Å². The summed E-state index contributed by atoms with van der Waals surface area (Å²) in [6.45, 7) is 2.01. The Kier molecular flexibility index (Phi) is 7.22. The smallest absolute Gasteiger partial charge is 0.414 e. The van der Waals surface area contributed by atoms with E-state index in [2.05, 4.69) is 5.32 Å². The van der Waals surface area contributed by atoms with Gasteiger partial charge in [0.15, 0.2) is 5.78 Å². The second kappa shape index (κ2) is 10.5. The summed E-state index contributed by atoms with van der Waals surface area (Å²) in [5.41, 5.74) is 1.56. The maximum absolute atomic E-state index is 14.7. The largest absolute Gasteiger partial charge is 0.442 e. The molecule has 2 saturated heterocycles. The molecule has 0 radical (unpaired) electrons. The second-order valence-electron chi connectivity index (χ2n) is 8.39. The predicted octanol–water partition coefficient (Wildman–Crippen LogP) is 3.92. The van der Waals surface area contributed by atoms with Crippen LogP contribution in [0.2, 0.25) is 0 Å². The molecule has 2 aliphatic heterocycles. The van der Waals surface area contributed by atoms with E-state index in [-0.39, 0.29) is 43.4 Å². The molecule has 0 saturated carbocycles. The first kappa shape index (κ1) is 22.8. The van der Waals surface area contributed by atoms with Gasteiger partial charge < -0.3 is 15.0 Å². The van der Waals surface area contributed by atoms with Crippen molar-refractivity contribution >= 4 is 29.2 Å². The normalized spacial score (nSPS) is 18.2. The molecule has 0 unspecified atom stereocenters. The number of Topliss-reactive ketones (excluding diaryl/α,β-unsaturated/α-hetero) is 1. The Morgan fingerprint density at radius 3 is 2.52 bits per heavy atom. The van der Waals surface area contributed by atoms with E-state index < -0.39 is 12.2 Å². The standard InChI is InChI=1S/C25H28FN3O4/c26-21-15-19(9-10-22(21)28-13-5-2-6-14-28)29-17-20(33-25(29)32)16-27-24(31)12-11-23(30)18-7-3-1-4-8-18/h1,3-4,7-10,15,20H,2,5-6,11-14,16-17H2,(H,27,31)/t20-/m0/s1. The maximum Gasteiger partial charge on any atom is 0.414 e.